The molecule has 0 aliphatic carbocycles. The van der Waals surface area contributed by atoms with E-state index in [1.807, 2.05) is 59.3 Å². The average Bonchev–Trinajstić information content (AvgIpc) is 3.27. The number of likely N-dealkylation sites (tertiary alicyclic amines) is 1. The molecule has 0 saturated carbocycles. The van der Waals surface area contributed by atoms with E-state index in [0.29, 0.717) is 19.2 Å². The van der Waals surface area contributed by atoms with Crippen LogP contribution in [0.5, 0.6) is 11.5 Å². The topological polar surface area (TPSA) is 91.3 Å². The summed E-state index contributed by atoms with van der Waals surface area (Å²) < 4.78 is 13.6. The highest BCUT2D eigenvalue weighted by molar-refractivity contribution is 5.98. The molecule has 3 heterocycles. The quantitative estimate of drug-likeness (QED) is 0.304. The Morgan fingerprint density at radius 1 is 1.06 bits per heavy atom. The van der Waals surface area contributed by atoms with Crippen molar-refractivity contribution in [2.75, 3.05) is 32.2 Å². The zero-order chi connectivity index (χ0) is 23.3. The van der Waals surface area contributed by atoms with Crippen LogP contribution in [0, 0.1) is 0 Å². The second-order valence-electron chi connectivity index (χ2n) is 8.35. The number of para-hydroxylation sites is 1. The van der Waals surface area contributed by atoms with Crippen LogP contribution in [0.4, 0.5) is 5.82 Å². The van der Waals surface area contributed by atoms with Gasteiger partial charge in [0.2, 0.25) is 0 Å². The molecule has 1 aliphatic heterocycles. The highest BCUT2D eigenvalue weighted by Crippen LogP contribution is 2.34. The van der Waals surface area contributed by atoms with Crippen LogP contribution in [0.3, 0.4) is 0 Å². The smallest absolute Gasteiger partial charge is 0.164 e. The molecule has 8 heteroatoms. The van der Waals surface area contributed by atoms with E-state index in [2.05, 4.69) is 21.4 Å². The fraction of sp³-hybridized carbons (Fsp3) is 0.269. The van der Waals surface area contributed by atoms with Crippen molar-refractivity contribution in [2.24, 2.45) is 0 Å². The van der Waals surface area contributed by atoms with Gasteiger partial charge in [-0.25, -0.2) is 14.6 Å². The van der Waals surface area contributed by atoms with E-state index in [1.54, 1.807) is 6.08 Å². The van der Waals surface area contributed by atoms with Crippen LogP contribution < -0.4 is 10.5 Å². The van der Waals surface area contributed by atoms with Crippen molar-refractivity contribution in [1.29, 1.82) is 0 Å². The Balaban J connectivity index is 1.44. The van der Waals surface area contributed by atoms with Crippen LogP contribution in [0.25, 0.3) is 22.3 Å². The molecule has 2 aromatic heterocycles. The zero-order valence-corrected chi connectivity index (χ0v) is 19.0. The van der Waals surface area contributed by atoms with Crippen molar-refractivity contribution in [1.82, 2.24) is 24.6 Å². The van der Waals surface area contributed by atoms with Crippen LogP contribution in [0.1, 0.15) is 18.9 Å². The largest absolute Gasteiger partial charge is 0.457 e. The Kier molecular flexibility index (Phi) is 6.51. The van der Waals surface area contributed by atoms with Crippen LogP contribution in [0.2, 0.25) is 0 Å². The third-order valence-electron chi connectivity index (χ3n) is 5.96. The molecule has 8 nitrogen and oxygen atoms in total. The number of anilines is 1. The lowest BCUT2D eigenvalue weighted by Crippen LogP contribution is -2.38. The number of aromatic nitrogens is 4. The van der Waals surface area contributed by atoms with Crippen molar-refractivity contribution < 1.29 is 9.47 Å². The minimum absolute atomic E-state index is 0.173. The molecular weight excluding hydrogens is 428 g/mol. The average molecular weight is 457 g/mol. The van der Waals surface area contributed by atoms with Gasteiger partial charge < -0.3 is 15.2 Å². The van der Waals surface area contributed by atoms with Gasteiger partial charge in [0.25, 0.3) is 0 Å². The minimum Gasteiger partial charge on any atom is -0.457 e. The van der Waals surface area contributed by atoms with Gasteiger partial charge in [0.15, 0.2) is 5.65 Å². The first-order valence-corrected chi connectivity index (χ1v) is 11.5. The van der Waals surface area contributed by atoms with Crippen molar-refractivity contribution in [3.8, 4) is 22.8 Å². The van der Waals surface area contributed by atoms with E-state index >= 15 is 0 Å². The van der Waals surface area contributed by atoms with E-state index < -0.39 is 0 Å². The summed E-state index contributed by atoms with van der Waals surface area (Å²) in [7, 11) is 0. The molecule has 174 valence electrons. The molecule has 4 aromatic rings. The van der Waals surface area contributed by atoms with Gasteiger partial charge in [0.1, 0.15) is 29.3 Å². The maximum Gasteiger partial charge on any atom is 0.164 e. The van der Waals surface area contributed by atoms with Crippen LogP contribution >= 0.6 is 0 Å². The van der Waals surface area contributed by atoms with Gasteiger partial charge >= 0.3 is 0 Å². The van der Waals surface area contributed by atoms with Gasteiger partial charge in [-0.15, -0.1) is 6.58 Å². The summed E-state index contributed by atoms with van der Waals surface area (Å²) in [5.74, 6) is 1.98. The number of rotatable bonds is 8. The molecule has 2 aromatic carbocycles. The Hall–Kier alpha value is -3.75. The lowest BCUT2D eigenvalue weighted by Gasteiger charge is -2.32. The Morgan fingerprint density at radius 2 is 1.85 bits per heavy atom. The van der Waals surface area contributed by atoms with Crippen molar-refractivity contribution in [3.63, 3.8) is 0 Å². The number of nitrogens with zero attached hydrogens (tertiary/aromatic N) is 5. The summed E-state index contributed by atoms with van der Waals surface area (Å²) in [6, 6.07) is 17.7. The van der Waals surface area contributed by atoms with Crippen LogP contribution in [-0.2, 0) is 4.74 Å². The second kappa shape index (κ2) is 10.0. The molecule has 1 unspecified atom stereocenters. The molecule has 5 rings (SSSR count). The van der Waals surface area contributed by atoms with Crippen molar-refractivity contribution >= 4 is 16.9 Å². The fourth-order valence-electron chi connectivity index (χ4n) is 4.37. The lowest BCUT2D eigenvalue weighted by molar-refractivity contribution is 0.0196. The van der Waals surface area contributed by atoms with Crippen molar-refractivity contribution in [2.45, 2.75) is 18.9 Å². The number of ether oxygens (including phenoxy) is 2. The fourth-order valence-corrected chi connectivity index (χ4v) is 4.37. The highest BCUT2D eigenvalue weighted by atomic mass is 16.5. The summed E-state index contributed by atoms with van der Waals surface area (Å²) >= 11 is 0. The first-order valence-electron chi connectivity index (χ1n) is 11.5. The summed E-state index contributed by atoms with van der Waals surface area (Å²) in [4.78, 5) is 11.1. The Labute approximate surface area is 198 Å². The molecule has 0 amide bonds. The van der Waals surface area contributed by atoms with Gasteiger partial charge in [-0.05, 0) is 49.2 Å². The molecule has 1 atom stereocenters. The Morgan fingerprint density at radius 3 is 2.65 bits per heavy atom. The van der Waals surface area contributed by atoms with Gasteiger partial charge in [0.05, 0.1) is 24.8 Å². The number of piperidine rings is 1. The molecular formula is C26H28N6O2. The standard InChI is InChI=1S/C26H28N6O2/c1-2-15-33-18-31-14-6-7-20(16-31)32-26-23(25(27)28-17-29-26)24(30-32)19-10-12-22(13-11-19)34-21-8-4-3-5-9-21/h2-5,8-13,17,20H,1,6-7,14-16,18H2,(H2,27,28,29). The number of hydrogen-bond acceptors (Lipinski definition) is 7. The maximum absolute atomic E-state index is 6.31. The number of nitrogens with two attached hydrogens (primary N) is 1. The number of fused-ring (bicyclic) bond motifs is 1. The predicted molar refractivity (Wildman–Crippen MR) is 133 cm³/mol. The lowest BCUT2D eigenvalue weighted by atomic mass is 10.1. The maximum atomic E-state index is 6.31. The van der Waals surface area contributed by atoms with Crippen LogP contribution in [0.15, 0.2) is 73.6 Å². The van der Waals surface area contributed by atoms with E-state index in [0.717, 1.165) is 59.7 Å². The van der Waals surface area contributed by atoms with Gasteiger partial charge in [-0.3, -0.25) is 4.90 Å². The minimum atomic E-state index is 0.173. The molecule has 1 aliphatic rings. The first-order chi connectivity index (χ1) is 16.7. The monoisotopic (exact) mass is 456 g/mol. The van der Waals surface area contributed by atoms with Crippen molar-refractivity contribution in [3.05, 3.63) is 73.6 Å². The number of nitrogen functional groups attached to an aromatic ring is 1. The molecule has 0 radical (unpaired) electrons. The summed E-state index contributed by atoms with van der Waals surface area (Å²) in [5.41, 5.74) is 8.78. The summed E-state index contributed by atoms with van der Waals surface area (Å²) in [6.45, 7) is 6.67. The summed E-state index contributed by atoms with van der Waals surface area (Å²) in [6.07, 6.45) is 5.35. The summed E-state index contributed by atoms with van der Waals surface area (Å²) in [5, 5.41) is 5.78. The molecule has 1 saturated heterocycles. The van der Waals surface area contributed by atoms with E-state index in [1.165, 1.54) is 6.33 Å². The normalized spacial score (nSPS) is 16.5. The number of hydrogen-bond donors (Lipinski definition) is 1. The zero-order valence-electron chi connectivity index (χ0n) is 19.0. The van der Waals surface area contributed by atoms with E-state index in [4.69, 9.17) is 20.3 Å². The second-order valence-corrected chi connectivity index (χ2v) is 8.35. The molecule has 34 heavy (non-hydrogen) atoms. The SMILES string of the molecule is C=CCOCN1CCCC(n2nc(-c3ccc(Oc4ccccc4)cc3)c3c(N)ncnc32)C1. The molecule has 0 bridgehead atoms. The number of benzene rings is 2. The first kappa shape index (κ1) is 22.1. The predicted octanol–water partition coefficient (Wildman–Crippen LogP) is 4.66. The molecule has 1 fully saturated rings. The Bertz CT molecular complexity index is 1260. The van der Waals surface area contributed by atoms with Crippen LogP contribution in [-0.4, -0.2) is 51.1 Å². The molecule has 0 spiro atoms. The van der Waals surface area contributed by atoms with Gasteiger partial charge in [-0.2, -0.15) is 5.10 Å². The highest BCUT2D eigenvalue weighted by Gasteiger charge is 2.26. The molecule has 2 N–H and O–H groups in total. The van der Waals surface area contributed by atoms with Gasteiger partial charge in [0, 0.05) is 18.7 Å². The van der Waals surface area contributed by atoms with E-state index in [-0.39, 0.29) is 6.04 Å². The van der Waals surface area contributed by atoms with E-state index in [9.17, 15) is 0 Å². The third-order valence-corrected chi connectivity index (χ3v) is 5.96. The third kappa shape index (κ3) is 4.64. The van der Waals surface area contributed by atoms with Gasteiger partial charge in [-0.1, -0.05) is 24.3 Å².